The van der Waals surface area contributed by atoms with Crippen molar-refractivity contribution in [2.75, 3.05) is 30.0 Å². The summed E-state index contributed by atoms with van der Waals surface area (Å²) in [5.74, 6) is 0.548. The Morgan fingerprint density at radius 3 is 2.44 bits per heavy atom. The molecular weight excluding hydrogens is 316 g/mol. The van der Waals surface area contributed by atoms with E-state index in [1.54, 1.807) is 11.0 Å². The van der Waals surface area contributed by atoms with Crippen LogP contribution in [0.4, 0.5) is 17.3 Å². The highest BCUT2D eigenvalue weighted by molar-refractivity contribution is 6.03. The van der Waals surface area contributed by atoms with Crippen LogP contribution in [0.25, 0.3) is 11.3 Å². The molecule has 1 aromatic carbocycles. The number of rotatable bonds is 4. The SMILES string of the molecule is CN(C)c1cnc(C(=O)Nc2nc(-c3ccccc3)ccc2N)cn1. The summed E-state index contributed by atoms with van der Waals surface area (Å²) in [4.78, 5) is 26.9. The topological polar surface area (TPSA) is 97.0 Å². The molecule has 0 saturated heterocycles. The smallest absolute Gasteiger partial charge is 0.277 e. The summed E-state index contributed by atoms with van der Waals surface area (Å²) in [7, 11) is 3.70. The molecule has 25 heavy (non-hydrogen) atoms. The van der Waals surface area contributed by atoms with E-state index in [1.807, 2.05) is 50.5 Å². The van der Waals surface area contributed by atoms with E-state index in [9.17, 15) is 4.79 Å². The van der Waals surface area contributed by atoms with E-state index in [4.69, 9.17) is 5.73 Å². The minimum atomic E-state index is -0.415. The molecule has 2 heterocycles. The van der Waals surface area contributed by atoms with Gasteiger partial charge >= 0.3 is 0 Å². The molecule has 7 heteroatoms. The van der Waals surface area contributed by atoms with Crippen molar-refractivity contribution in [3.63, 3.8) is 0 Å². The van der Waals surface area contributed by atoms with Gasteiger partial charge in [0.2, 0.25) is 0 Å². The number of benzene rings is 1. The number of nitrogens with zero attached hydrogens (tertiary/aromatic N) is 4. The molecule has 0 radical (unpaired) electrons. The van der Waals surface area contributed by atoms with Gasteiger partial charge in [0.05, 0.1) is 23.8 Å². The Balaban J connectivity index is 1.83. The predicted octanol–water partition coefficient (Wildman–Crippen LogP) is 2.44. The number of nitrogens with one attached hydrogen (secondary N) is 1. The van der Waals surface area contributed by atoms with Gasteiger partial charge in [-0.3, -0.25) is 4.79 Å². The number of aromatic nitrogens is 3. The van der Waals surface area contributed by atoms with E-state index in [-0.39, 0.29) is 5.69 Å². The number of amides is 1. The minimum absolute atomic E-state index is 0.192. The molecule has 3 aromatic rings. The first-order valence-corrected chi connectivity index (χ1v) is 7.67. The van der Waals surface area contributed by atoms with Gasteiger partial charge in [-0.05, 0) is 12.1 Å². The summed E-state index contributed by atoms with van der Waals surface area (Å²) >= 11 is 0. The van der Waals surface area contributed by atoms with Gasteiger partial charge in [0, 0.05) is 19.7 Å². The Bertz CT molecular complexity index is 878. The maximum atomic E-state index is 12.4. The molecule has 0 atom stereocenters. The number of hydrogen-bond donors (Lipinski definition) is 2. The van der Waals surface area contributed by atoms with Gasteiger partial charge in [0.25, 0.3) is 5.91 Å². The molecule has 3 rings (SSSR count). The second kappa shape index (κ2) is 6.96. The van der Waals surface area contributed by atoms with Crippen LogP contribution in [0.1, 0.15) is 10.5 Å². The largest absolute Gasteiger partial charge is 0.396 e. The molecule has 0 spiro atoms. The van der Waals surface area contributed by atoms with Crippen LogP contribution in [-0.4, -0.2) is 35.0 Å². The second-order valence-corrected chi connectivity index (χ2v) is 5.61. The normalized spacial score (nSPS) is 10.3. The van der Waals surface area contributed by atoms with Crippen molar-refractivity contribution in [3.05, 3.63) is 60.6 Å². The van der Waals surface area contributed by atoms with Crippen molar-refractivity contribution in [2.45, 2.75) is 0 Å². The number of nitrogens with two attached hydrogens (primary N) is 1. The molecular formula is C18H18N6O. The molecule has 1 amide bonds. The lowest BCUT2D eigenvalue weighted by molar-refractivity contribution is 0.102. The highest BCUT2D eigenvalue weighted by Gasteiger charge is 2.13. The quantitative estimate of drug-likeness (QED) is 0.760. The number of hydrogen-bond acceptors (Lipinski definition) is 6. The van der Waals surface area contributed by atoms with Crippen molar-refractivity contribution in [1.82, 2.24) is 15.0 Å². The van der Waals surface area contributed by atoms with Crippen LogP contribution in [0.2, 0.25) is 0 Å². The van der Waals surface area contributed by atoms with Crippen molar-refractivity contribution >= 4 is 23.2 Å². The van der Waals surface area contributed by atoms with Gasteiger partial charge in [-0.1, -0.05) is 30.3 Å². The van der Waals surface area contributed by atoms with Crippen molar-refractivity contribution in [2.24, 2.45) is 0 Å². The molecule has 0 aliphatic carbocycles. The highest BCUT2D eigenvalue weighted by atomic mass is 16.1. The molecule has 3 N–H and O–H groups in total. The van der Waals surface area contributed by atoms with Crippen molar-refractivity contribution in [3.8, 4) is 11.3 Å². The lowest BCUT2D eigenvalue weighted by Gasteiger charge is -2.11. The lowest BCUT2D eigenvalue weighted by Crippen LogP contribution is -2.18. The number of anilines is 3. The summed E-state index contributed by atoms with van der Waals surface area (Å²) in [6, 6.07) is 13.2. The number of nitrogen functional groups attached to an aromatic ring is 1. The van der Waals surface area contributed by atoms with E-state index in [1.165, 1.54) is 12.4 Å². The maximum absolute atomic E-state index is 12.4. The molecule has 2 aromatic heterocycles. The third-order valence-corrected chi connectivity index (χ3v) is 3.56. The fraction of sp³-hybridized carbons (Fsp3) is 0.111. The fourth-order valence-electron chi connectivity index (χ4n) is 2.18. The zero-order valence-electron chi connectivity index (χ0n) is 14.0. The van der Waals surface area contributed by atoms with Gasteiger partial charge in [0.15, 0.2) is 5.82 Å². The van der Waals surface area contributed by atoms with E-state index in [0.717, 1.165) is 11.3 Å². The van der Waals surface area contributed by atoms with Gasteiger partial charge in [-0.25, -0.2) is 15.0 Å². The Kier molecular flexibility index (Phi) is 4.56. The van der Waals surface area contributed by atoms with Crippen LogP contribution in [0.3, 0.4) is 0 Å². The third-order valence-electron chi connectivity index (χ3n) is 3.56. The summed E-state index contributed by atoms with van der Waals surface area (Å²) in [6.07, 6.45) is 2.95. The summed E-state index contributed by atoms with van der Waals surface area (Å²) < 4.78 is 0. The summed E-state index contributed by atoms with van der Waals surface area (Å²) in [6.45, 7) is 0. The van der Waals surface area contributed by atoms with E-state index < -0.39 is 5.91 Å². The maximum Gasteiger partial charge on any atom is 0.277 e. The third kappa shape index (κ3) is 3.72. The van der Waals surface area contributed by atoms with Crippen LogP contribution >= 0.6 is 0 Å². The first-order chi connectivity index (χ1) is 12.0. The second-order valence-electron chi connectivity index (χ2n) is 5.61. The zero-order valence-corrected chi connectivity index (χ0v) is 14.0. The van der Waals surface area contributed by atoms with Gasteiger partial charge in [-0.15, -0.1) is 0 Å². The molecule has 0 aliphatic heterocycles. The standard InChI is InChI=1S/C18H18N6O/c1-24(2)16-11-20-15(10-21-16)18(25)23-17-13(19)8-9-14(22-17)12-6-4-3-5-7-12/h3-11H,19H2,1-2H3,(H,22,23,25). The molecule has 0 fully saturated rings. The summed E-state index contributed by atoms with van der Waals surface area (Å²) in [5, 5.41) is 2.69. The lowest BCUT2D eigenvalue weighted by atomic mass is 10.1. The first kappa shape index (κ1) is 16.4. The van der Waals surface area contributed by atoms with Crippen LogP contribution in [0.15, 0.2) is 54.9 Å². The molecule has 0 bridgehead atoms. The average molecular weight is 334 g/mol. The van der Waals surface area contributed by atoms with Crippen LogP contribution in [-0.2, 0) is 0 Å². The van der Waals surface area contributed by atoms with Crippen molar-refractivity contribution < 1.29 is 4.79 Å². The van der Waals surface area contributed by atoms with E-state index in [0.29, 0.717) is 17.3 Å². The van der Waals surface area contributed by atoms with Gasteiger partial charge in [-0.2, -0.15) is 0 Å². The Labute approximate surface area is 145 Å². The van der Waals surface area contributed by atoms with Crippen molar-refractivity contribution in [1.29, 1.82) is 0 Å². The zero-order chi connectivity index (χ0) is 17.8. The van der Waals surface area contributed by atoms with Gasteiger partial charge in [0.1, 0.15) is 11.5 Å². The molecule has 0 aliphatic rings. The first-order valence-electron chi connectivity index (χ1n) is 7.67. The Morgan fingerprint density at radius 2 is 1.80 bits per heavy atom. The fourth-order valence-corrected chi connectivity index (χ4v) is 2.18. The molecule has 7 nitrogen and oxygen atoms in total. The number of pyridine rings is 1. The van der Waals surface area contributed by atoms with Gasteiger partial charge < -0.3 is 16.0 Å². The molecule has 0 saturated carbocycles. The Morgan fingerprint density at radius 1 is 1.04 bits per heavy atom. The van der Waals surface area contributed by atoms with E-state index >= 15 is 0 Å². The van der Waals surface area contributed by atoms with Crippen LogP contribution in [0, 0.1) is 0 Å². The summed E-state index contributed by atoms with van der Waals surface area (Å²) in [5.41, 5.74) is 8.17. The minimum Gasteiger partial charge on any atom is -0.396 e. The monoisotopic (exact) mass is 334 g/mol. The van der Waals surface area contributed by atoms with Crippen LogP contribution in [0.5, 0.6) is 0 Å². The van der Waals surface area contributed by atoms with E-state index in [2.05, 4.69) is 20.3 Å². The number of carbonyl (C=O) groups is 1. The van der Waals surface area contributed by atoms with Crippen LogP contribution < -0.4 is 16.0 Å². The number of carbonyl (C=O) groups excluding carboxylic acids is 1. The predicted molar refractivity (Wildman–Crippen MR) is 98.4 cm³/mol. The molecule has 0 unspecified atom stereocenters. The average Bonchev–Trinajstić information content (AvgIpc) is 2.64. The highest BCUT2D eigenvalue weighted by Crippen LogP contribution is 2.23. The Hall–Kier alpha value is -3.48. The molecule has 126 valence electrons.